The Balaban J connectivity index is 1.44. The topological polar surface area (TPSA) is 84.3 Å². The molecular formula is C23H17N7S. The molecule has 0 fully saturated rings. The lowest BCUT2D eigenvalue weighted by molar-refractivity contribution is 0.996. The van der Waals surface area contributed by atoms with Crippen molar-refractivity contribution >= 4 is 39.4 Å². The van der Waals surface area contributed by atoms with Gasteiger partial charge in [-0.2, -0.15) is 11.3 Å². The number of imidazole rings is 2. The molecule has 0 saturated heterocycles. The maximum atomic E-state index is 4.84. The average molecular weight is 424 g/mol. The second-order valence-electron chi connectivity index (χ2n) is 7.08. The third kappa shape index (κ3) is 3.23. The second-order valence-corrected chi connectivity index (χ2v) is 7.86. The largest absolute Gasteiger partial charge is 0.361 e. The Labute approximate surface area is 181 Å². The summed E-state index contributed by atoms with van der Waals surface area (Å²) in [5.41, 5.74) is 5.43. The van der Waals surface area contributed by atoms with Gasteiger partial charge >= 0.3 is 0 Å². The Bertz CT molecular complexity index is 1450. The number of rotatable bonds is 5. The van der Waals surface area contributed by atoms with Crippen LogP contribution >= 0.6 is 11.3 Å². The van der Waals surface area contributed by atoms with Crippen molar-refractivity contribution in [1.29, 1.82) is 0 Å². The SMILES string of the molecule is c1ccc(-c2nc(NCc3nc4ccccc4[nH]3)c3ncn(-c4ccsc4)c3n2)cc1. The fourth-order valence-electron chi connectivity index (χ4n) is 3.58. The minimum Gasteiger partial charge on any atom is -0.361 e. The molecule has 0 unspecified atom stereocenters. The predicted octanol–water partition coefficient (Wildman–Crippen LogP) is 5.03. The van der Waals surface area contributed by atoms with Crippen molar-refractivity contribution in [3.05, 3.63) is 83.6 Å². The van der Waals surface area contributed by atoms with Crippen LogP contribution in [0.2, 0.25) is 0 Å². The van der Waals surface area contributed by atoms with Gasteiger partial charge in [-0.3, -0.25) is 4.57 Å². The third-order valence-electron chi connectivity index (χ3n) is 5.07. The Morgan fingerprint density at radius 2 is 1.81 bits per heavy atom. The molecule has 0 aliphatic heterocycles. The maximum Gasteiger partial charge on any atom is 0.170 e. The van der Waals surface area contributed by atoms with Gasteiger partial charge in [0.15, 0.2) is 22.8 Å². The van der Waals surface area contributed by atoms with Crippen LogP contribution in [-0.2, 0) is 6.54 Å². The summed E-state index contributed by atoms with van der Waals surface area (Å²) in [5.74, 6) is 2.17. The van der Waals surface area contributed by atoms with Crippen LogP contribution in [0.4, 0.5) is 5.82 Å². The molecule has 4 heterocycles. The van der Waals surface area contributed by atoms with E-state index in [9.17, 15) is 0 Å². The monoisotopic (exact) mass is 423 g/mol. The molecule has 2 N–H and O–H groups in total. The molecule has 0 saturated carbocycles. The molecule has 8 heteroatoms. The molecule has 0 bridgehead atoms. The van der Waals surface area contributed by atoms with Gasteiger partial charge in [0.25, 0.3) is 0 Å². The van der Waals surface area contributed by atoms with Gasteiger partial charge < -0.3 is 10.3 Å². The Kier molecular flexibility index (Phi) is 4.21. The van der Waals surface area contributed by atoms with Crippen LogP contribution in [0, 0.1) is 0 Å². The van der Waals surface area contributed by atoms with Crippen molar-refractivity contribution in [2.75, 3.05) is 5.32 Å². The normalized spacial score (nSPS) is 11.4. The molecule has 31 heavy (non-hydrogen) atoms. The zero-order valence-corrected chi connectivity index (χ0v) is 17.2. The van der Waals surface area contributed by atoms with E-state index < -0.39 is 0 Å². The first-order valence-corrected chi connectivity index (χ1v) is 10.8. The number of fused-ring (bicyclic) bond motifs is 2. The Morgan fingerprint density at radius 3 is 2.65 bits per heavy atom. The van der Waals surface area contributed by atoms with Crippen molar-refractivity contribution in [3.63, 3.8) is 0 Å². The van der Waals surface area contributed by atoms with E-state index in [2.05, 4.69) is 31.7 Å². The van der Waals surface area contributed by atoms with E-state index in [4.69, 9.17) is 9.97 Å². The van der Waals surface area contributed by atoms with Gasteiger partial charge in [-0.05, 0) is 23.6 Å². The van der Waals surface area contributed by atoms with Crippen molar-refractivity contribution < 1.29 is 0 Å². The van der Waals surface area contributed by atoms with Gasteiger partial charge in [-0.25, -0.2) is 19.9 Å². The number of anilines is 1. The smallest absolute Gasteiger partial charge is 0.170 e. The highest BCUT2D eigenvalue weighted by atomic mass is 32.1. The Morgan fingerprint density at radius 1 is 0.935 bits per heavy atom. The minimum absolute atomic E-state index is 0.500. The highest BCUT2D eigenvalue weighted by Crippen LogP contribution is 2.27. The molecule has 0 amide bonds. The summed E-state index contributed by atoms with van der Waals surface area (Å²) in [4.78, 5) is 22.2. The molecule has 0 aliphatic carbocycles. The van der Waals surface area contributed by atoms with Crippen LogP contribution in [-0.4, -0.2) is 29.5 Å². The van der Waals surface area contributed by atoms with Crippen LogP contribution in [0.15, 0.2) is 77.8 Å². The summed E-state index contributed by atoms with van der Waals surface area (Å²) in [6.45, 7) is 0.500. The van der Waals surface area contributed by atoms with Gasteiger partial charge in [0.1, 0.15) is 12.2 Å². The lowest BCUT2D eigenvalue weighted by atomic mass is 10.2. The highest BCUT2D eigenvalue weighted by Gasteiger charge is 2.16. The van der Waals surface area contributed by atoms with Crippen LogP contribution in [0.25, 0.3) is 39.3 Å². The van der Waals surface area contributed by atoms with Crippen LogP contribution in [0.3, 0.4) is 0 Å². The summed E-state index contributed by atoms with van der Waals surface area (Å²) in [6.07, 6.45) is 1.79. The van der Waals surface area contributed by atoms with Crippen molar-refractivity contribution in [1.82, 2.24) is 29.5 Å². The quantitative estimate of drug-likeness (QED) is 0.406. The predicted molar refractivity (Wildman–Crippen MR) is 123 cm³/mol. The lowest BCUT2D eigenvalue weighted by Gasteiger charge is -2.09. The molecule has 0 radical (unpaired) electrons. The average Bonchev–Trinajstić information content (AvgIpc) is 3.56. The van der Waals surface area contributed by atoms with Crippen molar-refractivity contribution in [2.45, 2.75) is 6.54 Å². The van der Waals surface area contributed by atoms with E-state index >= 15 is 0 Å². The zero-order valence-electron chi connectivity index (χ0n) is 16.4. The van der Waals surface area contributed by atoms with Gasteiger partial charge in [0.2, 0.25) is 0 Å². The summed E-state index contributed by atoms with van der Waals surface area (Å²) >= 11 is 1.64. The molecule has 0 atom stereocenters. The first-order chi connectivity index (χ1) is 15.3. The molecule has 6 rings (SSSR count). The molecule has 2 aromatic carbocycles. The number of H-pyrrole nitrogens is 1. The number of nitrogens with zero attached hydrogens (tertiary/aromatic N) is 5. The summed E-state index contributed by atoms with van der Waals surface area (Å²) in [5, 5.41) is 7.53. The van der Waals surface area contributed by atoms with Gasteiger partial charge in [0, 0.05) is 10.9 Å². The number of nitrogens with one attached hydrogen (secondary N) is 2. The van der Waals surface area contributed by atoms with Gasteiger partial charge in [0.05, 0.1) is 23.3 Å². The van der Waals surface area contributed by atoms with Crippen molar-refractivity contribution in [3.8, 4) is 17.1 Å². The highest BCUT2D eigenvalue weighted by molar-refractivity contribution is 7.08. The molecule has 7 nitrogen and oxygen atoms in total. The number of thiophene rings is 1. The number of hydrogen-bond acceptors (Lipinski definition) is 6. The van der Waals surface area contributed by atoms with E-state index in [1.54, 1.807) is 17.7 Å². The van der Waals surface area contributed by atoms with E-state index in [1.165, 1.54) is 0 Å². The van der Waals surface area contributed by atoms with Crippen molar-refractivity contribution in [2.24, 2.45) is 0 Å². The van der Waals surface area contributed by atoms with Crippen LogP contribution < -0.4 is 5.32 Å². The first-order valence-electron chi connectivity index (χ1n) is 9.86. The second kappa shape index (κ2) is 7.33. The van der Waals surface area contributed by atoms with E-state index in [1.807, 2.05) is 64.5 Å². The summed E-state index contributed by atoms with van der Waals surface area (Å²) in [7, 11) is 0. The molecule has 0 aliphatic rings. The third-order valence-corrected chi connectivity index (χ3v) is 5.74. The maximum absolute atomic E-state index is 4.84. The molecule has 150 valence electrons. The standard InChI is InChI=1S/C23H17N7S/c1-2-6-15(7-3-1)21-28-22(24-12-19-26-17-8-4-5-9-18(17)27-19)20-23(29-21)30(14-25-20)16-10-11-31-13-16/h1-11,13-14H,12H2,(H,26,27)(H,24,28,29). The lowest BCUT2D eigenvalue weighted by Crippen LogP contribution is -2.06. The summed E-state index contributed by atoms with van der Waals surface area (Å²) < 4.78 is 1.99. The minimum atomic E-state index is 0.500. The number of aromatic amines is 1. The van der Waals surface area contributed by atoms with E-state index in [-0.39, 0.29) is 0 Å². The molecule has 0 spiro atoms. The molecule has 6 aromatic rings. The number of para-hydroxylation sites is 2. The number of aromatic nitrogens is 6. The van der Waals surface area contributed by atoms with Crippen LogP contribution in [0.5, 0.6) is 0 Å². The zero-order chi connectivity index (χ0) is 20.6. The number of hydrogen-bond donors (Lipinski definition) is 2. The van der Waals surface area contributed by atoms with E-state index in [0.717, 1.165) is 39.3 Å². The summed E-state index contributed by atoms with van der Waals surface area (Å²) in [6, 6.07) is 20.0. The molecular weight excluding hydrogens is 406 g/mol. The van der Waals surface area contributed by atoms with Crippen LogP contribution in [0.1, 0.15) is 5.82 Å². The van der Waals surface area contributed by atoms with Gasteiger partial charge in [-0.15, -0.1) is 0 Å². The Hall–Kier alpha value is -4.04. The number of benzene rings is 2. The fourth-order valence-corrected chi connectivity index (χ4v) is 4.21. The fraction of sp³-hybridized carbons (Fsp3) is 0.0435. The molecule has 4 aromatic heterocycles. The first kappa shape index (κ1) is 17.8. The van der Waals surface area contributed by atoms with Gasteiger partial charge in [-0.1, -0.05) is 42.5 Å². The van der Waals surface area contributed by atoms with E-state index in [0.29, 0.717) is 18.2 Å².